The molecular weight excluding hydrogens is 294 g/mol. The Hall–Kier alpha value is -1.28. The van der Waals surface area contributed by atoms with Crippen LogP contribution in [-0.2, 0) is 4.79 Å². The lowest BCUT2D eigenvalue weighted by molar-refractivity contribution is -0.117. The number of carbonyl (C=O) groups excluding carboxylic acids is 1. The second kappa shape index (κ2) is 8.38. The van der Waals surface area contributed by atoms with E-state index in [2.05, 4.69) is 18.7 Å². The third-order valence-electron chi connectivity index (χ3n) is 4.16. The molecule has 0 spiro atoms. The average molecular weight is 320 g/mol. The number of unbranched alkanes of at least 4 members (excludes halogenated alkanes) is 1. The maximum Gasteiger partial charge on any atom is 0.179 e. The summed E-state index contributed by atoms with van der Waals surface area (Å²) in [6, 6.07) is 7.91. The van der Waals surface area contributed by atoms with Gasteiger partial charge in [0, 0.05) is 24.5 Å². The lowest BCUT2D eigenvalue weighted by atomic mass is 9.89. The third-order valence-corrected chi connectivity index (χ3v) is 4.42. The van der Waals surface area contributed by atoms with Crippen molar-refractivity contribution in [2.24, 2.45) is 0 Å². The van der Waals surface area contributed by atoms with E-state index in [1.165, 1.54) is 5.57 Å². The SMILES string of the molecule is CCCCN(CCC)C1=C(c2ccc(Cl)cc2)CCCC1=O. The summed E-state index contributed by atoms with van der Waals surface area (Å²) >= 11 is 6.00. The highest BCUT2D eigenvalue weighted by atomic mass is 35.5. The number of rotatable bonds is 7. The first-order valence-corrected chi connectivity index (χ1v) is 8.82. The fourth-order valence-electron chi connectivity index (χ4n) is 3.08. The van der Waals surface area contributed by atoms with Crippen molar-refractivity contribution in [1.82, 2.24) is 4.90 Å². The Balaban J connectivity index is 2.41. The molecule has 0 unspecified atom stereocenters. The molecule has 2 nitrogen and oxygen atoms in total. The first-order valence-electron chi connectivity index (χ1n) is 8.44. The molecule has 0 atom stereocenters. The third kappa shape index (κ3) is 4.13. The fraction of sp³-hybridized carbons (Fsp3) is 0.526. The summed E-state index contributed by atoms with van der Waals surface area (Å²) in [5.74, 6) is 0.306. The van der Waals surface area contributed by atoms with Crippen molar-refractivity contribution >= 4 is 23.0 Å². The van der Waals surface area contributed by atoms with E-state index in [0.717, 1.165) is 61.5 Å². The molecular formula is C19H26ClNO. The van der Waals surface area contributed by atoms with E-state index in [9.17, 15) is 4.79 Å². The number of nitrogens with zero attached hydrogens (tertiary/aromatic N) is 1. The van der Waals surface area contributed by atoms with Gasteiger partial charge in [0.25, 0.3) is 0 Å². The van der Waals surface area contributed by atoms with Crippen LogP contribution in [0.3, 0.4) is 0 Å². The van der Waals surface area contributed by atoms with E-state index >= 15 is 0 Å². The number of Topliss-reactive ketones (excluding diaryl/α,β-unsaturated/α-hetero) is 1. The Morgan fingerprint density at radius 2 is 1.77 bits per heavy atom. The van der Waals surface area contributed by atoms with Crippen molar-refractivity contribution in [2.75, 3.05) is 13.1 Å². The van der Waals surface area contributed by atoms with Crippen LogP contribution in [0, 0.1) is 0 Å². The van der Waals surface area contributed by atoms with Gasteiger partial charge in [-0.2, -0.15) is 0 Å². The number of benzene rings is 1. The zero-order valence-electron chi connectivity index (χ0n) is 13.7. The van der Waals surface area contributed by atoms with Crippen LogP contribution in [0.25, 0.3) is 5.57 Å². The minimum absolute atomic E-state index is 0.306. The minimum Gasteiger partial charge on any atom is -0.368 e. The molecule has 0 amide bonds. The molecule has 0 saturated heterocycles. The van der Waals surface area contributed by atoms with E-state index in [-0.39, 0.29) is 0 Å². The molecule has 1 aromatic rings. The number of hydrogen-bond donors (Lipinski definition) is 0. The summed E-state index contributed by atoms with van der Waals surface area (Å²) in [7, 11) is 0. The summed E-state index contributed by atoms with van der Waals surface area (Å²) in [6.07, 6.45) is 5.96. The quantitative estimate of drug-likeness (QED) is 0.678. The molecule has 0 aliphatic heterocycles. The summed E-state index contributed by atoms with van der Waals surface area (Å²) < 4.78 is 0. The Morgan fingerprint density at radius 3 is 2.41 bits per heavy atom. The molecule has 2 rings (SSSR count). The molecule has 0 heterocycles. The van der Waals surface area contributed by atoms with E-state index in [0.29, 0.717) is 12.2 Å². The lowest BCUT2D eigenvalue weighted by Crippen LogP contribution is -2.32. The van der Waals surface area contributed by atoms with Crippen LogP contribution in [0.2, 0.25) is 5.02 Å². The van der Waals surface area contributed by atoms with Gasteiger partial charge >= 0.3 is 0 Å². The van der Waals surface area contributed by atoms with Gasteiger partial charge < -0.3 is 4.90 Å². The number of hydrogen-bond acceptors (Lipinski definition) is 2. The number of allylic oxidation sites excluding steroid dienone is 2. The van der Waals surface area contributed by atoms with Crippen molar-refractivity contribution in [1.29, 1.82) is 0 Å². The number of ketones is 1. The second-order valence-corrected chi connectivity index (χ2v) is 6.39. The summed E-state index contributed by atoms with van der Waals surface area (Å²) in [5, 5.41) is 0.740. The zero-order valence-corrected chi connectivity index (χ0v) is 14.5. The zero-order chi connectivity index (χ0) is 15.9. The van der Waals surface area contributed by atoms with E-state index in [1.807, 2.05) is 24.3 Å². The standard InChI is InChI=1S/C19H26ClNO/c1-3-5-14-21(13-4-2)19-17(7-6-8-18(19)22)15-9-11-16(20)12-10-15/h9-12H,3-8,13-14H2,1-2H3. The first kappa shape index (κ1) is 17.1. The molecule has 120 valence electrons. The fourth-order valence-corrected chi connectivity index (χ4v) is 3.21. The highest BCUT2D eigenvalue weighted by molar-refractivity contribution is 6.30. The predicted molar refractivity (Wildman–Crippen MR) is 94.0 cm³/mol. The van der Waals surface area contributed by atoms with E-state index in [1.54, 1.807) is 0 Å². The van der Waals surface area contributed by atoms with Crippen molar-refractivity contribution in [3.05, 3.63) is 40.5 Å². The van der Waals surface area contributed by atoms with Gasteiger partial charge in [-0.1, -0.05) is 44.0 Å². The molecule has 0 bridgehead atoms. The normalized spacial score (nSPS) is 15.3. The molecule has 0 saturated carbocycles. The van der Waals surface area contributed by atoms with Crippen LogP contribution in [0.5, 0.6) is 0 Å². The molecule has 0 fully saturated rings. The minimum atomic E-state index is 0.306. The first-order chi connectivity index (χ1) is 10.7. The van der Waals surface area contributed by atoms with Crippen molar-refractivity contribution < 1.29 is 4.79 Å². The molecule has 1 aliphatic rings. The highest BCUT2D eigenvalue weighted by Crippen LogP contribution is 2.33. The Bertz CT molecular complexity index is 533. The van der Waals surface area contributed by atoms with Gasteiger partial charge in [-0.05, 0) is 49.0 Å². The molecule has 0 N–H and O–H groups in total. The Labute approximate surface area is 139 Å². The number of halogens is 1. The predicted octanol–water partition coefficient (Wildman–Crippen LogP) is 5.32. The molecule has 22 heavy (non-hydrogen) atoms. The van der Waals surface area contributed by atoms with Crippen LogP contribution < -0.4 is 0 Å². The molecule has 3 heteroatoms. The van der Waals surface area contributed by atoms with E-state index in [4.69, 9.17) is 11.6 Å². The van der Waals surface area contributed by atoms with Crippen LogP contribution in [0.15, 0.2) is 30.0 Å². The summed E-state index contributed by atoms with van der Waals surface area (Å²) in [5.41, 5.74) is 3.31. The average Bonchev–Trinajstić information content (AvgIpc) is 2.52. The Morgan fingerprint density at radius 1 is 1.05 bits per heavy atom. The van der Waals surface area contributed by atoms with Gasteiger partial charge in [0.2, 0.25) is 0 Å². The molecule has 0 aromatic heterocycles. The van der Waals surface area contributed by atoms with Gasteiger partial charge in [0.05, 0.1) is 5.70 Å². The van der Waals surface area contributed by atoms with Gasteiger partial charge in [-0.15, -0.1) is 0 Å². The smallest absolute Gasteiger partial charge is 0.179 e. The van der Waals surface area contributed by atoms with Crippen LogP contribution in [0.4, 0.5) is 0 Å². The van der Waals surface area contributed by atoms with Gasteiger partial charge in [-0.3, -0.25) is 4.79 Å². The van der Waals surface area contributed by atoms with Crippen LogP contribution in [-0.4, -0.2) is 23.8 Å². The van der Waals surface area contributed by atoms with Crippen LogP contribution in [0.1, 0.15) is 57.9 Å². The Kier molecular flexibility index (Phi) is 6.50. The van der Waals surface area contributed by atoms with Crippen LogP contribution >= 0.6 is 11.6 Å². The van der Waals surface area contributed by atoms with Gasteiger partial charge in [0.1, 0.15) is 0 Å². The monoisotopic (exact) mass is 319 g/mol. The van der Waals surface area contributed by atoms with Crippen molar-refractivity contribution in [3.63, 3.8) is 0 Å². The molecule has 1 aliphatic carbocycles. The van der Waals surface area contributed by atoms with E-state index < -0.39 is 0 Å². The summed E-state index contributed by atoms with van der Waals surface area (Å²) in [4.78, 5) is 14.9. The number of carbonyl (C=O) groups is 1. The summed E-state index contributed by atoms with van der Waals surface area (Å²) in [6.45, 7) is 6.30. The second-order valence-electron chi connectivity index (χ2n) is 5.95. The van der Waals surface area contributed by atoms with Gasteiger partial charge in [-0.25, -0.2) is 0 Å². The maximum absolute atomic E-state index is 12.6. The topological polar surface area (TPSA) is 20.3 Å². The highest BCUT2D eigenvalue weighted by Gasteiger charge is 2.25. The lowest BCUT2D eigenvalue weighted by Gasteiger charge is -2.31. The van der Waals surface area contributed by atoms with Crippen molar-refractivity contribution in [2.45, 2.75) is 52.4 Å². The maximum atomic E-state index is 12.6. The largest absolute Gasteiger partial charge is 0.368 e. The van der Waals surface area contributed by atoms with Gasteiger partial charge in [0.15, 0.2) is 5.78 Å². The molecule has 1 aromatic carbocycles. The van der Waals surface area contributed by atoms with Crippen molar-refractivity contribution in [3.8, 4) is 0 Å². The molecule has 0 radical (unpaired) electrons.